The molecule has 1 N–H and O–H groups in total. The van der Waals surface area contributed by atoms with E-state index in [2.05, 4.69) is 43.4 Å². The number of hydrogen-bond acceptors (Lipinski definition) is 3. The molecule has 1 saturated heterocycles. The Morgan fingerprint density at radius 1 is 1.21 bits per heavy atom. The lowest BCUT2D eigenvalue weighted by atomic mass is 10.2. The zero-order valence-electron chi connectivity index (χ0n) is 12.0. The van der Waals surface area contributed by atoms with E-state index in [-0.39, 0.29) is 0 Å². The molecule has 0 amide bonds. The average Bonchev–Trinajstić information content (AvgIpc) is 2.42. The molecule has 2 rings (SSSR count). The minimum Gasteiger partial charge on any atom is -0.381 e. The molecule has 0 unspecified atom stereocenters. The van der Waals surface area contributed by atoms with Gasteiger partial charge in [-0.25, -0.2) is 0 Å². The molecule has 1 heterocycles. The van der Waals surface area contributed by atoms with Gasteiger partial charge in [-0.2, -0.15) is 0 Å². The summed E-state index contributed by atoms with van der Waals surface area (Å²) in [6.07, 6.45) is 2.37. The summed E-state index contributed by atoms with van der Waals surface area (Å²) in [4.78, 5) is 1.39. The Kier molecular flexibility index (Phi) is 6.21. The third kappa shape index (κ3) is 5.55. The van der Waals surface area contributed by atoms with E-state index in [4.69, 9.17) is 4.74 Å². The van der Waals surface area contributed by atoms with Crippen molar-refractivity contribution >= 4 is 11.8 Å². The second-order valence-corrected chi connectivity index (χ2v) is 6.97. The fourth-order valence-corrected chi connectivity index (χ4v) is 3.28. The highest BCUT2D eigenvalue weighted by Gasteiger charge is 2.14. The van der Waals surface area contributed by atoms with Crippen LogP contribution in [0, 0.1) is 5.92 Å². The van der Waals surface area contributed by atoms with Crippen LogP contribution in [0.3, 0.4) is 0 Å². The molecule has 1 fully saturated rings. The monoisotopic (exact) mass is 279 g/mol. The number of thioether (sulfide) groups is 1. The van der Waals surface area contributed by atoms with Crippen LogP contribution in [0.2, 0.25) is 0 Å². The second-order valence-electron chi connectivity index (χ2n) is 5.60. The molecule has 0 aliphatic carbocycles. The van der Waals surface area contributed by atoms with Crippen LogP contribution in [0.25, 0.3) is 0 Å². The molecule has 2 nitrogen and oxygen atoms in total. The Balaban J connectivity index is 1.77. The highest BCUT2D eigenvalue weighted by molar-refractivity contribution is 8.00. The summed E-state index contributed by atoms with van der Waals surface area (Å²) in [5, 5.41) is 4.21. The first-order valence-corrected chi connectivity index (χ1v) is 8.16. The lowest BCUT2D eigenvalue weighted by Crippen LogP contribution is -2.19. The molecule has 106 valence electrons. The van der Waals surface area contributed by atoms with E-state index in [1.54, 1.807) is 0 Å². The summed E-state index contributed by atoms with van der Waals surface area (Å²) in [6.45, 7) is 8.38. The predicted octanol–water partition coefficient (Wildman–Crippen LogP) is 3.70. The SMILES string of the molecule is CC(C)CNCc1ccc(SC2CCOCC2)cc1. The quantitative estimate of drug-likeness (QED) is 0.858. The summed E-state index contributed by atoms with van der Waals surface area (Å²) < 4.78 is 5.40. The van der Waals surface area contributed by atoms with Crippen molar-refractivity contribution in [1.29, 1.82) is 0 Å². The van der Waals surface area contributed by atoms with Crippen LogP contribution in [-0.2, 0) is 11.3 Å². The Labute approximate surface area is 121 Å². The number of ether oxygens (including phenoxy) is 1. The van der Waals surface area contributed by atoms with Crippen LogP contribution in [0.15, 0.2) is 29.2 Å². The minimum atomic E-state index is 0.711. The van der Waals surface area contributed by atoms with Crippen molar-refractivity contribution in [2.45, 2.75) is 43.4 Å². The molecule has 0 bridgehead atoms. The summed E-state index contributed by atoms with van der Waals surface area (Å²) in [5.74, 6) is 0.711. The Hall–Kier alpha value is -0.510. The largest absolute Gasteiger partial charge is 0.381 e. The lowest BCUT2D eigenvalue weighted by Gasteiger charge is -2.21. The fraction of sp³-hybridized carbons (Fsp3) is 0.625. The number of benzene rings is 1. The van der Waals surface area contributed by atoms with Gasteiger partial charge in [-0.05, 0) is 43.0 Å². The van der Waals surface area contributed by atoms with Crippen molar-refractivity contribution in [1.82, 2.24) is 5.32 Å². The summed E-state index contributed by atoms with van der Waals surface area (Å²) in [7, 11) is 0. The number of hydrogen-bond donors (Lipinski definition) is 1. The van der Waals surface area contributed by atoms with E-state index < -0.39 is 0 Å². The van der Waals surface area contributed by atoms with Crippen LogP contribution >= 0.6 is 11.8 Å². The van der Waals surface area contributed by atoms with Crippen molar-refractivity contribution in [2.24, 2.45) is 5.92 Å². The van der Waals surface area contributed by atoms with Crippen LogP contribution < -0.4 is 5.32 Å². The fourth-order valence-electron chi connectivity index (χ4n) is 2.18. The maximum Gasteiger partial charge on any atom is 0.0476 e. The molecule has 0 spiro atoms. The van der Waals surface area contributed by atoms with Gasteiger partial charge in [0.2, 0.25) is 0 Å². The topological polar surface area (TPSA) is 21.3 Å². The first-order chi connectivity index (χ1) is 9.24. The third-order valence-electron chi connectivity index (χ3n) is 3.28. The van der Waals surface area contributed by atoms with E-state index in [9.17, 15) is 0 Å². The molecule has 0 atom stereocenters. The highest BCUT2D eigenvalue weighted by Crippen LogP contribution is 2.29. The van der Waals surface area contributed by atoms with Gasteiger partial charge in [-0.3, -0.25) is 0 Å². The molecule has 1 aliphatic heterocycles. The third-order valence-corrected chi connectivity index (χ3v) is 4.63. The molecule has 0 radical (unpaired) electrons. The van der Waals surface area contributed by atoms with Crippen molar-refractivity contribution in [2.75, 3.05) is 19.8 Å². The standard InChI is InChI=1S/C16H25NOS/c1-13(2)11-17-12-14-3-5-15(6-4-14)19-16-7-9-18-10-8-16/h3-6,13,16-17H,7-12H2,1-2H3. The highest BCUT2D eigenvalue weighted by atomic mass is 32.2. The van der Waals surface area contributed by atoms with E-state index in [1.165, 1.54) is 23.3 Å². The lowest BCUT2D eigenvalue weighted by molar-refractivity contribution is 0.100. The number of nitrogens with one attached hydrogen (secondary N) is 1. The molecule has 1 aliphatic rings. The summed E-state index contributed by atoms with van der Waals surface area (Å²) in [6, 6.07) is 9.00. The van der Waals surface area contributed by atoms with Gasteiger partial charge in [0.25, 0.3) is 0 Å². The van der Waals surface area contributed by atoms with Crippen molar-refractivity contribution < 1.29 is 4.74 Å². The maximum atomic E-state index is 5.40. The smallest absolute Gasteiger partial charge is 0.0476 e. The zero-order chi connectivity index (χ0) is 13.5. The zero-order valence-corrected chi connectivity index (χ0v) is 12.8. The van der Waals surface area contributed by atoms with E-state index >= 15 is 0 Å². The minimum absolute atomic E-state index is 0.711. The van der Waals surface area contributed by atoms with Gasteiger partial charge in [0.15, 0.2) is 0 Å². The van der Waals surface area contributed by atoms with Crippen LogP contribution in [0.4, 0.5) is 0 Å². The first-order valence-electron chi connectivity index (χ1n) is 7.28. The van der Waals surface area contributed by atoms with Gasteiger partial charge in [-0.1, -0.05) is 26.0 Å². The Morgan fingerprint density at radius 2 is 1.89 bits per heavy atom. The van der Waals surface area contributed by atoms with Gasteiger partial charge in [0.1, 0.15) is 0 Å². The van der Waals surface area contributed by atoms with Crippen molar-refractivity contribution in [3.05, 3.63) is 29.8 Å². The molecule has 0 saturated carbocycles. The summed E-state index contributed by atoms with van der Waals surface area (Å²) in [5.41, 5.74) is 1.37. The molecule has 1 aromatic carbocycles. The first kappa shape index (κ1) is 14.9. The van der Waals surface area contributed by atoms with E-state index in [0.717, 1.165) is 31.6 Å². The molecular formula is C16H25NOS. The molecular weight excluding hydrogens is 254 g/mol. The van der Waals surface area contributed by atoms with Gasteiger partial charge >= 0.3 is 0 Å². The average molecular weight is 279 g/mol. The van der Waals surface area contributed by atoms with Crippen LogP contribution in [-0.4, -0.2) is 25.0 Å². The molecule has 3 heteroatoms. The van der Waals surface area contributed by atoms with Gasteiger partial charge in [0.05, 0.1) is 0 Å². The molecule has 0 aromatic heterocycles. The summed E-state index contributed by atoms with van der Waals surface area (Å²) >= 11 is 2.00. The van der Waals surface area contributed by atoms with Crippen LogP contribution in [0.1, 0.15) is 32.3 Å². The van der Waals surface area contributed by atoms with Crippen molar-refractivity contribution in [3.63, 3.8) is 0 Å². The van der Waals surface area contributed by atoms with Crippen molar-refractivity contribution in [3.8, 4) is 0 Å². The van der Waals surface area contributed by atoms with Gasteiger partial charge in [0, 0.05) is 29.9 Å². The van der Waals surface area contributed by atoms with E-state index in [0.29, 0.717) is 5.92 Å². The number of rotatable bonds is 6. The molecule has 1 aromatic rings. The molecule has 19 heavy (non-hydrogen) atoms. The maximum absolute atomic E-state index is 5.40. The Bertz CT molecular complexity index is 358. The van der Waals surface area contributed by atoms with Gasteiger partial charge < -0.3 is 10.1 Å². The van der Waals surface area contributed by atoms with Crippen LogP contribution in [0.5, 0.6) is 0 Å². The van der Waals surface area contributed by atoms with Gasteiger partial charge in [-0.15, -0.1) is 11.8 Å². The Morgan fingerprint density at radius 3 is 2.53 bits per heavy atom. The predicted molar refractivity (Wildman–Crippen MR) is 82.7 cm³/mol. The normalized spacial score (nSPS) is 17.0. The van der Waals surface area contributed by atoms with E-state index in [1.807, 2.05) is 11.8 Å². The second kappa shape index (κ2) is 7.93.